The normalized spacial score (nSPS) is 12.9. The smallest absolute Gasteiger partial charge is 0.407 e. The van der Waals surface area contributed by atoms with Gasteiger partial charge in [-0.25, -0.2) is 9.18 Å². The van der Waals surface area contributed by atoms with E-state index in [1.165, 1.54) is 24.1 Å². The number of aromatic nitrogens is 2. The Morgan fingerprint density at radius 2 is 1.52 bits per heavy atom. The standard InChI is InChI=1S/C32H40FN5O6/c1-19(2)25(27(40)28-36-37-30(44-28)32(5,6)22-13-15-23(33)16-14-22)34-24(39)18-38(17-21-11-9-8-10-12-21)29(41)26(20(3)4)35-31(42)43-7/h8-16,19-20,25-26H,17-18H2,1-7H3,(H,34,39)(H,35,42)/t25-,26-/m0/s1. The molecular weight excluding hydrogens is 569 g/mol. The molecule has 0 aliphatic carbocycles. The molecule has 236 valence electrons. The molecule has 3 aromatic rings. The fourth-order valence-electron chi connectivity index (χ4n) is 4.54. The van der Waals surface area contributed by atoms with Crippen molar-refractivity contribution in [3.05, 3.63) is 83.3 Å². The lowest BCUT2D eigenvalue weighted by molar-refractivity contribution is -0.139. The van der Waals surface area contributed by atoms with Gasteiger partial charge in [0.05, 0.1) is 25.1 Å². The third kappa shape index (κ3) is 8.48. The van der Waals surface area contributed by atoms with Crippen molar-refractivity contribution < 1.29 is 32.7 Å². The van der Waals surface area contributed by atoms with Crippen molar-refractivity contribution in [2.45, 2.75) is 65.6 Å². The van der Waals surface area contributed by atoms with E-state index in [0.29, 0.717) is 5.56 Å². The first-order chi connectivity index (χ1) is 20.7. The molecule has 44 heavy (non-hydrogen) atoms. The van der Waals surface area contributed by atoms with Gasteiger partial charge in [-0.2, -0.15) is 0 Å². The number of ketones is 1. The molecule has 12 heteroatoms. The zero-order valence-electron chi connectivity index (χ0n) is 26.1. The van der Waals surface area contributed by atoms with Gasteiger partial charge in [0.2, 0.25) is 23.5 Å². The quantitative estimate of drug-likeness (QED) is 0.274. The maximum atomic E-state index is 13.6. The molecule has 0 unspecified atom stereocenters. The Bertz CT molecular complexity index is 1440. The first kappa shape index (κ1) is 33.9. The number of nitrogens with one attached hydrogen (secondary N) is 2. The van der Waals surface area contributed by atoms with Gasteiger partial charge in [0.25, 0.3) is 5.89 Å². The van der Waals surface area contributed by atoms with Crippen LogP contribution in [0.3, 0.4) is 0 Å². The molecule has 1 aromatic heterocycles. The lowest BCUT2D eigenvalue weighted by atomic mass is 9.84. The van der Waals surface area contributed by atoms with E-state index in [2.05, 4.69) is 25.6 Å². The highest BCUT2D eigenvalue weighted by Gasteiger charge is 2.35. The summed E-state index contributed by atoms with van der Waals surface area (Å²) in [7, 11) is 1.20. The minimum absolute atomic E-state index is 0.0882. The molecule has 0 aliphatic heterocycles. The van der Waals surface area contributed by atoms with Crippen LogP contribution in [-0.2, 0) is 26.3 Å². The molecule has 2 N–H and O–H groups in total. The summed E-state index contributed by atoms with van der Waals surface area (Å²) in [5.74, 6) is -2.85. The summed E-state index contributed by atoms with van der Waals surface area (Å²) in [6, 6.07) is 13.0. The summed E-state index contributed by atoms with van der Waals surface area (Å²) < 4.78 is 23.9. The molecule has 1 heterocycles. The highest BCUT2D eigenvalue weighted by atomic mass is 19.1. The summed E-state index contributed by atoms with van der Waals surface area (Å²) in [6.07, 6.45) is -0.770. The molecule has 0 radical (unpaired) electrons. The van der Waals surface area contributed by atoms with Crippen LogP contribution in [0.4, 0.5) is 9.18 Å². The SMILES string of the molecule is COC(=O)N[C@H](C(=O)N(CC(=O)N[C@H](C(=O)c1nnc(C(C)(C)c2ccc(F)cc2)o1)C(C)C)Cc1ccccc1)C(C)C. The van der Waals surface area contributed by atoms with Gasteiger partial charge in [-0.15, -0.1) is 10.2 Å². The number of alkyl carbamates (subject to hydrolysis) is 1. The number of rotatable bonds is 13. The largest absolute Gasteiger partial charge is 0.453 e. The van der Waals surface area contributed by atoms with E-state index in [1.54, 1.807) is 39.8 Å². The third-order valence-corrected chi connectivity index (χ3v) is 7.26. The Hall–Kier alpha value is -4.61. The number of benzene rings is 2. The average Bonchev–Trinajstić information content (AvgIpc) is 3.49. The Labute approximate surface area is 256 Å². The molecule has 2 atom stereocenters. The molecule has 3 amide bonds. The molecule has 0 fully saturated rings. The van der Waals surface area contributed by atoms with Crippen LogP contribution in [0.15, 0.2) is 59.0 Å². The number of carbonyl (C=O) groups excluding carboxylic acids is 4. The first-order valence-electron chi connectivity index (χ1n) is 14.3. The van der Waals surface area contributed by atoms with Gasteiger partial charge in [0.15, 0.2) is 0 Å². The van der Waals surface area contributed by atoms with E-state index < -0.39 is 41.2 Å². The lowest BCUT2D eigenvalue weighted by Gasteiger charge is -2.30. The van der Waals surface area contributed by atoms with Gasteiger partial charge in [0, 0.05) is 6.54 Å². The average molecular weight is 610 g/mol. The Morgan fingerprint density at radius 3 is 2.09 bits per heavy atom. The van der Waals surface area contributed by atoms with E-state index in [1.807, 2.05) is 44.2 Å². The summed E-state index contributed by atoms with van der Waals surface area (Å²) >= 11 is 0. The van der Waals surface area contributed by atoms with Crippen molar-refractivity contribution in [3.63, 3.8) is 0 Å². The lowest BCUT2D eigenvalue weighted by Crippen LogP contribution is -2.54. The molecule has 0 bridgehead atoms. The van der Waals surface area contributed by atoms with Gasteiger partial charge >= 0.3 is 6.09 Å². The van der Waals surface area contributed by atoms with Crippen LogP contribution in [0.5, 0.6) is 0 Å². The van der Waals surface area contributed by atoms with Crippen molar-refractivity contribution in [1.82, 2.24) is 25.7 Å². The monoisotopic (exact) mass is 609 g/mol. The van der Waals surface area contributed by atoms with E-state index >= 15 is 0 Å². The Kier molecular flexibility index (Phi) is 11.3. The topological polar surface area (TPSA) is 144 Å². The summed E-state index contributed by atoms with van der Waals surface area (Å²) in [6.45, 7) is 10.4. The number of amides is 3. The summed E-state index contributed by atoms with van der Waals surface area (Å²) in [4.78, 5) is 53.8. The Balaban J connectivity index is 1.81. The van der Waals surface area contributed by atoms with Crippen LogP contribution in [0, 0.1) is 17.7 Å². The third-order valence-electron chi connectivity index (χ3n) is 7.26. The second-order valence-electron chi connectivity index (χ2n) is 11.7. The minimum atomic E-state index is -1.03. The number of Topliss-reactive ketones (excluding diaryl/α,β-unsaturated/α-hetero) is 1. The van der Waals surface area contributed by atoms with Crippen LogP contribution in [0.25, 0.3) is 0 Å². The van der Waals surface area contributed by atoms with Gasteiger partial charge in [-0.05, 0) is 48.9 Å². The van der Waals surface area contributed by atoms with Crippen molar-refractivity contribution >= 4 is 23.7 Å². The second-order valence-corrected chi connectivity index (χ2v) is 11.7. The maximum absolute atomic E-state index is 13.6. The zero-order chi connectivity index (χ0) is 32.6. The number of carbonyl (C=O) groups is 4. The van der Waals surface area contributed by atoms with Crippen molar-refractivity contribution in [2.75, 3.05) is 13.7 Å². The Morgan fingerprint density at radius 1 is 0.909 bits per heavy atom. The second kappa shape index (κ2) is 14.7. The maximum Gasteiger partial charge on any atom is 0.407 e. The van der Waals surface area contributed by atoms with Crippen molar-refractivity contribution in [1.29, 1.82) is 0 Å². The molecule has 0 spiro atoms. The van der Waals surface area contributed by atoms with Crippen LogP contribution in [0.1, 0.15) is 69.2 Å². The fourth-order valence-corrected chi connectivity index (χ4v) is 4.54. The van der Waals surface area contributed by atoms with Gasteiger partial charge in [-0.3, -0.25) is 14.4 Å². The molecular formula is C32H40FN5O6. The van der Waals surface area contributed by atoms with Gasteiger partial charge in [0.1, 0.15) is 11.9 Å². The molecule has 0 saturated heterocycles. The number of nitrogens with zero attached hydrogens (tertiary/aromatic N) is 3. The molecule has 3 rings (SSSR count). The molecule has 2 aromatic carbocycles. The minimum Gasteiger partial charge on any atom is -0.453 e. The number of halogens is 1. The molecule has 0 aliphatic rings. The fraction of sp³-hybridized carbons (Fsp3) is 0.438. The number of hydrogen-bond donors (Lipinski definition) is 2. The van der Waals surface area contributed by atoms with Crippen LogP contribution < -0.4 is 10.6 Å². The highest BCUT2D eigenvalue weighted by molar-refractivity contribution is 5.99. The molecule has 11 nitrogen and oxygen atoms in total. The highest BCUT2D eigenvalue weighted by Crippen LogP contribution is 2.31. The summed E-state index contributed by atoms with van der Waals surface area (Å²) in [5, 5.41) is 13.3. The van der Waals surface area contributed by atoms with E-state index in [0.717, 1.165) is 5.56 Å². The van der Waals surface area contributed by atoms with Crippen LogP contribution >= 0.6 is 0 Å². The first-order valence-corrected chi connectivity index (χ1v) is 14.3. The van der Waals surface area contributed by atoms with E-state index in [9.17, 15) is 23.6 Å². The predicted octanol–water partition coefficient (Wildman–Crippen LogP) is 4.27. The van der Waals surface area contributed by atoms with E-state index in [4.69, 9.17) is 4.42 Å². The summed E-state index contributed by atoms with van der Waals surface area (Å²) in [5.41, 5.74) is 0.659. The molecule has 0 saturated carbocycles. The predicted molar refractivity (Wildman–Crippen MR) is 160 cm³/mol. The van der Waals surface area contributed by atoms with Gasteiger partial charge in [-0.1, -0.05) is 70.2 Å². The van der Waals surface area contributed by atoms with Gasteiger partial charge < -0.3 is 24.7 Å². The zero-order valence-corrected chi connectivity index (χ0v) is 26.1. The number of hydrogen-bond acceptors (Lipinski definition) is 8. The van der Waals surface area contributed by atoms with E-state index in [-0.39, 0.29) is 42.5 Å². The number of ether oxygens (including phenoxy) is 1. The number of methoxy groups -OCH3 is 1. The van der Waals surface area contributed by atoms with Crippen LogP contribution in [-0.4, -0.2) is 64.5 Å². The van der Waals surface area contributed by atoms with Crippen molar-refractivity contribution in [3.8, 4) is 0 Å². The van der Waals surface area contributed by atoms with Crippen LogP contribution in [0.2, 0.25) is 0 Å². The van der Waals surface area contributed by atoms with Crippen molar-refractivity contribution in [2.24, 2.45) is 11.8 Å².